The molecular weight excluding hydrogens is 204 g/mol. The van der Waals surface area contributed by atoms with E-state index in [2.05, 4.69) is 25.2 Å². The van der Waals surface area contributed by atoms with Crippen LogP contribution in [0.5, 0.6) is 5.75 Å². The average Bonchev–Trinajstić information content (AvgIpc) is 2.24. The highest BCUT2D eigenvalue weighted by atomic mass is 16.5. The van der Waals surface area contributed by atoms with E-state index in [0.717, 1.165) is 5.75 Å². The van der Waals surface area contributed by atoms with E-state index in [4.69, 9.17) is 10.5 Å². The minimum atomic E-state index is -0.528. The largest absolute Gasteiger partial charge is 0.492 e. The van der Waals surface area contributed by atoms with Gasteiger partial charge in [-0.15, -0.1) is 0 Å². The van der Waals surface area contributed by atoms with Crippen molar-refractivity contribution in [1.29, 1.82) is 0 Å². The van der Waals surface area contributed by atoms with Crippen LogP contribution in [0.2, 0.25) is 0 Å². The van der Waals surface area contributed by atoms with Gasteiger partial charge < -0.3 is 15.8 Å². The number of benzene rings is 1. The number of ether oxygens (including phenoxy) is 1. The highest BCUT2D eigenvalue weighted by Gasteiger charge is 2.00. The van der Waals surface area contributed by atoms with E-state index in [0.29, 0.717) is 19.1 Å². The van der Waals surface area contributed by atoms with Gasteiger partial charge in [0.25, 0.3) is 0 Å². The quantitative estimate of drug-likeness (QED) is 0.747. The third-order valence-corrected chi connectivity index (χ3v) is 2.19. The van der Waals surface area contributed by atoms with Crippen molar-refractivity contribution in [3.8, 4) is 5.75 Å². The summed E-state index contributed by atoms with van der Waals surface area (Å²) in [5.41, 5.74) is 6.17. The summed E-state index contributed by atoms with van der Waals surface area (Å²) >= 11 is 0. The van der Waals surface area contributed by atoms with Crippen LogP contribution in [0.25, 0.3) is 0 Å². The Morgan fingerprint density at radius 1 is 1.50 bits per heavy atom. The van der Waals surface area contributed by atoms with Crippen LogP contribution in [0, 0.1) is 0 Å². The molecule has 0 radical (unpaired) electrons. The van der Waals surface area contributed by atoms with E-state index < -0.39 is 6.03 Å². The highest BCUT2D eigenvalue weighted by Crippen LogP contribution is 2.19. The van der Waals surface area contributed by atoms with Crippen LogP contribution >= 0.6 is 0 Å². The molecule has 0 unspecified atom stereocenters. The molecule has 3 N–H and O–H groups in total. The summed E-state index contributed by atoms with van der Waals surface area (Å²) in [5.74, 6) is 1.30. The van der Waals surface area contributed by atoms with Crippen LogP contribution in [-0.2, 0) is 0 Å². The van der Waals surface area contributed by atoms with E-state index in [1.807, 2.05) is 18.2 Å². The van der Waals surface area contributed by atoms with Crippen LogP contribution in [0.3, 0.4) is 0 Å². The van der Waals surface area contributed by atoms with E-state index >= 15 is 0 Å². The number of carbonyl (C=O) groups excluding carboxylic acids is 1. The van der Waals surface area contributed by atoms with Gasteiger partial charge in [0, 0.05) is 0 Å². The fourth-order valence-corrected chi connectivity index (χ4v) is 1.31. The number of hydrogen-bond donors (Lipinski definition) is 2. The van der Waals surface area contributed by atoms with Crippen LogP contribution in [0.15, 0.2) is 24.3 Å². The maximum atomic E-state index is 10.4. The number of rotatable bonds is 5. The van der Waals surface area contributed by atoms with Crippen molar-refractivity contribution in [2.75, 3.05) is 13.2 Å². The summed E-state index contributed by atoms with van der Waals surface area (Å²) in [6.07, 6.45) is 0. The Labute approximate surface area is 95.8 Å². The average molecular weight is 222 g/mol. The number of urea groups is 1. The normalized spacial score (nSPS) is 10.2. The summed E-state index contributed by atoms with van der Waals surface area (Å²) < 4.78 is 5.48. The second-order valence-electron chi connectivity index (χ2n) is 3.87. The summed E-state index contributed by atoms with van der Waals surface area (Å²) in [6, 6.07) is 7.41. The van der Waals surface area contributed by atoms with Gasteiger partial charge in [0.2, 0.25) is 0 Å². The molecule has 0 aliphatic heterocycles. The predicted octanol–water partition coefficient (Wildman–Crippen LogP) is 1.86. The molecule has 0 atom stereocenters. The van der Waals surface area contributed by atoms with Crippen molar-refractivity contribution < 1.29 is 9.53 Å². The Kier molecular flexibility index (Phi) is 4.64. The van der Waals surface area contributed by atoms with Crippen molar-refractivity contribution >= 4 is 6.03 Å². The summed E-state index contributed by atoms with van der Waals surface area (Å²) in [6.45, 7) is 5.10. The fraction of sp³-hybridized carbons (Fsp3) is 0.417. The predicted molar refractivity (Wildman–Crippen MR) is 63.6 cm³/mol. The minimum Gasteiger partial charge on any atom is -0.492 e. The van der Waals surface area contributed by atoms with Crippen molar-refractivity contribution in [3.05, 3.63) is 29.8 Å². The maximum absolute atomic E-state index is 10.4. The Morgan fingerprint density at radius 3 is 2.88 bits per heavy atom. The lowest BCUT2D eigenvalue weighted by Crippen LogP contribution is -2.32. The zero-order valence-corrected chi connectivity index (χ0v) is 9.69. The van der Waals surface area contributed by atoms with Gasteiger partial charge in [-0.25, -0.2) is 4.79 Å². The number of carbonyl (C=O) groups is 1. The van der Waals surface area contributed by atoms with Crippen LogP contribution < -0.4 is 15.8 Å². The van der Waals surface area contributed by atoms with Gasteiger partial charge in [-0.3, -0.25) is 0 Å². The summed E-state index contributed by atoms with van der Waals surface area (Å²) in [5, 5.41) is 2.47. The topological polar surface area (TPSA) is 64.3 Å². The molecule has 4 heteroatoms. The molecule has 0 saturated carbocycles. The first kappa shape index (κ1) is 12.4. The number of amides is 2. The number of hydrogen-bond acceptors (Lipinski definition) is 2. The molecule has 2 amide bonds. The highest BCUT2D eigenvalue weighted by molar-refractivity contribution is 5.71. The summed E-state index contributed by atoms with van der Waals surface area (Å²) in [4.78, 5) is 10.4. The van der Waals surface area contributed by atoms with Crippen molar-refractivity contribution in [1.82, 2.24) is 5.32 Å². The molecule has 1 rings (SSSR count). The Bertz CT molecular complexity index is 351. The number of nitrogens with two attached hydrogens (primary N) is 1. The van der Waals surface area contributed by atoms with Gasteiger partial charge in [-0.05, 0) is 23.6 Å². The van der Waals surface area contributed by atoms with Crippen LogP contribution in [-0.4, -0.2) is 19.2 Å². The standard InChI is InChI=1S/C12H18N2O2/c1-9(2)10-4-3-5-11(8-10)16-7-6-14-12(13)15/h3-5,8-9H,6-7H2,1-2H3,(H3,13,14,15). The number of nitrogens with one attached hydrogen (secondary N) is 1. The monoisotopic (exact) mass is 222 g/mol. The minimum absolute atomic E-state index is 0.418. The SMILES string of the molecule is CC(C)c1cccc(OCCNC(N)=O)c1. The molecule has 4 nitrogen and oxygen atoms in total. The van der Waals surface area contributed by atoms with E-state index in [-0.39, 0.29) is 0 Å². The third kappa shape index (κ3) is 4.21. The lowest BCUT2D eigenvalue weighted by atomic mass is 10.0. The molecule has 0 saturated heterocycles. The van der Waals surface area contributed by atoms with Gasteiger partial charge in [0.1, 0.15) is 12.4 Å². The molecule has 88 valence electrons. The molecule has 0 spiro atoms. The Morgan fingerprint density at radius 2 is 2.25 bits per heavy atom. The maximum Gasteiger partial charge on any atom is 0.312 e. The molecule has 16 heavy (non-hydrogen) atoms. The molecule has 0 aliphatic rings. The van der Waals surface area contributed by atoms with E-state index in [1.54, 1.807) is 0 Å². The Hall–Kier alpha value is -1.71. The van der Waals surface area contributed by atoms with Crippen LogP contribution in [0.4, 0.5) is 4.79 Å². The third-order valence-electron chi connectivity index (χ3n) is 2.19. The second-order valence-corrected chi connectivity index (χ2v) is 3.87. The van der Waals surface area contributed by atoms with Crippen molar-refractivity contribution in [3.63, 3.8) is 0 Å². The molecule has 0 aromatic heterocycles. The Balaban J connectivity index is 2.42. The summed E-state index contributed by atoms with van der Waals surface area (Å²) in [7, 11) is 0. The fourth-order valence-electron chi connectivity index (χ4n) is 1.31. The van der Waals surface area contributed by atoms with Crippen molar-refractivity contribution in [2.24, 2.45) is 5.73 Å². The molecular formula is C12H18N2O2. The molecule has 0 bridgehead atoms. The zero-order chi connectivity index (χ0) is 12.0. The first-order valence-corrected chi connectivity index (χ1v) is 5.35. The van der Waals surface area contributed by atoms with E-state index in [1.165, 1.54) is 5.56 Å². The van der Waals surface area contributed by atoms with E-state index in [9.17, 15) is 4.79 Å². The van der Waals surface area contributed by atoms with Crippen molar-refractivity contribution in [2.45, 2.75) is 19.8 Å². The first-order chi connectivity index (χ1) is 7.59. The van der Waals surface area contributed by atoms with Gasteiger partial charge in [0.15, 0.2) is 0 Å². The molecule has 1 aromatic carbocycles. The lowest BCUT2D eigenvalue weighted by molar-refractivity contribution is 0.244. The smallest absolute Gasteiger partial charge is 0.312 e. The first-order valence-electron chi connectivity index (χ1n) is 5.35. The molecule has 1 aromatic rings. The molecule has 0 aliphatic carbocycles. The zero-order valence-electron chi connectivity index (χ0n) is 9.69. The van der Waals surface area contributed by atoms with Gasteiger partial charge in [-0.1, -0.05) is 26.0 Å². The van der Waals surface area contributed by atoms with Crippen LogP contribution in [0.1, 0.15) is 25.3 Å². The van der Waals surface area contributed by atoms with Gasteiger partial charge in [-0.2, -0.15) is 0 Å². The number of primary amides is 1. The molecule has 0 fully saturated rings. The van der Waals surface area contributed by atoms with Gasteiger partial charge in [0.05, 0.1) is 6.54 Å². The second kappa shape index (κ2) is 6.00. The molecule has 0 heterocycles. The van der Waals surface area contributed by atoms with Gasteiger partial charge >= 0.3 is 6.03 Å². The lowest BCUT2D eigenvalue weighted by Gasteiger charge is -2.09.